The molecule has 0 saturated heterocycles. The van der Waals surface area contributed by atoms with Gasteiger partial charge in [0.05, 0.1) is 0 Å². The summed E-state index contributed by atoms with van der Waals surface area (Å²) in [7, 11) is 0. The number of aryl methyl sites for hydroxylation is 2. The van der Waals surface area contributed by atoms with Gasteiger partial charge in [0, 0.05) is 31.0 Å². The van der Waals surface area contributed by atoms with Gasteiger partial charge in [-0.2, -0.15) is 0 Å². The van der Waals surface area contributed by atoms with Gasteiger partial charge >= 0.3 is 0 Å². The van der Waals surface area contributed by atoms with Gasteiger partial charge in [0.1, 0.15) is 0 Å². The highest BCUT2D eigenvalue weighted by atomic mass is 15.1. The first-order chi connectivity index (χ1) is 10.1. The molecule has 0 amide bonds. The standard InChI is InChI=1S/C19H26N2/c1-5-21(6-2)18-11-9-17(10-12-18)14-20-19-13-15(3)7-8-16(19)4/h7-13,20H,5-6,14H2,1-4H3. The van der Waals surface area contributed by atoms with Gasteiger partial charge in [0.2, 0.25) is 0 Å². The number of benzene rings is 2. The van der Waals surface area contributed by atoms with Crippen molar-refractivity contribution >= 4 is 11.4 Å². The van der Waals surface area contributed by atoms with Crippen LogP contribution >= 0.6 is 0 Å². The van der Waals surface area contributed by atoms with Crippen molar-refractivity contribution in [2.75, 3.05) is 23.3 Å². The Bertz CT molecular complexity index is 569. The summed E-state index contributed by atoms with van der Waals surface area (Å²) in [5.74, 6) is 0. The van der Waals surface area contributed by atoms with Crippen LogP contribution in [0.15, 0.2) is 42.5 Å². The van der Waals surface area contributed by atoms with Gasteiger partial charge in [-0.05, 0) is 62.6 Å². The summed E-state index contributed by atoms with van der Waals surface area (Å²) < 4.78 is 0. The van der Waals surface area contributed by atoms with E-state index >= 15 is 0 Å². The second-order valence-electron chi connectivity index (χ2n) is 5.51. The number of hydrogen-bond acceptors (Lipinski definition) is 2. The molecular formula is C19H26N2. The Hall–Kier alpha value is -1.96. The summed E-state index contributed by atoms with van der Waals surface area (Å²) in [6.45, 7) is 11.6. The highest BCUT2D eigenvalue weighted by molar-refractivity contribution is 5.53. The molecule has 0 bridgehead atoms. The number of nitrogens with zero attached hydrogens (tertiary/aromatic N) is 1. The SMILES string of the molecule is CCN(CC)c1ccc(CNc2cc(C)ccc2C)cc1. The van der Waals surface area contributed by atoms with Crippen molar-refractivity contribution in [2.45, 2.75) is 34.2 Å². The molecule has 0 spiro atoms. The molecule has 0 aliphatic carbocycles. The Morgan fingerprint density at radius 3 is 2.19 bits per heavy atom. The van der Waals surface area contributed by atoms with Crippen molar-refractivity contribution in [3.8, 4) is 0 Å². The highest BCUT2D eigenvalue weighted by Gasteiger charge is 2.02. The summed E-state index contributed by atoms with van der Waals surface area (Å²) >= 11 is 0. The third-order valence-corrected chi connectivity index (χ3v) is 3.94. The van der Waals surface area contributed by atoms with E-state index in [2.05, 4.69) is 80.4 Å². The smallest absolute Gasteiger partial charge is 0.0400 e. The zero-order chi connectivity index (χ0) is 15.2. The largest absolute Gasteiger partial charge is 0.381 e. The van der Waals surface area contributed by atoms with E-state index in [1.54, 1.807) is 0 Å². The van der Waals surface area contributed by atoms with Crippen molar-refractivity contribution in [1.29, 1.82) is 0 Å². The molecule has 2 heteroatoms. The average molecular weight is 282 g/mol. The molecule has 2 nitrogen and oxygen atoms in total. The average Bonchev–Trinajstić information content (AvgIpc) is 2.51. The molecule has 0 saturated carbocycles. The lowest BCUT2D eigenvalue weighted by molar-refractivity contribution is 0.865. The number of hydrogen-bond donors (Lipinski definition) is 1. The first kappa shape index (κ1) is 15.4. The molecule has 0 atom stereocenters. The first-order valence-corrected chi connectivity index (χ1v) is 7.79. The minimum atomic E-state index is 0.864. The Kier molecular flexibility index (Phi) is 5.26. The molecule has 0 radical (unpaired) electrons. The van der Waals surface area contributed by atoms with E-state index in [0.717, 1.165) is 19.6 Å². The van der Waals surface area contributed by atoms with Crippen LogP contribution in [-0.2, 0) is 6.54 Å². The van der Waals surface area contributed by atoms with Crippen molar-refractivity contribution in [3.63, 3.8) is 0 Å². The van der Waals surface area contributed by atoms with E-state index in [0.29, 0.717) is 0 Å². The Morgan fingerprint density at radius 1 is 0.905 bits per heavy atom. The van der Waals surface area contributed by atoms with Crippen LogP contribution in [-0.4, -0.2) is 13.1 Å². The van der Waals surface area contributed by atoms with Gasteiger partial charge in [-0.3, -0.25) is 0 Å². The van der Waals surface area contributed by atoms with Crippen molar-refractivity contribution in [3.05, 3.63) is 59.2 Å². The zero-order valence-electron chi connectivity index (χ0n) is 13.6. The molecule has 0 aliphatic rings. The summed E-state index contributed by atoms with van der Waals surface area (Å²) in [6, 6.07) is 15.4. The molecular weight excluding hydrogens is 256 g/mol. The fourth-order valence-electron chi connectivity index (χ4n) is 2.54. The molecule has 112 valence electrons. The van der Waals surface area contributed by atoms with Crippen LogP contribution < -0.4 is 10.2 Å². The van der Waals surface area contributed by atoms with Gasteiger partial charge < -0.3 is 10.2 Å². The summed E-state index contributed by atoms with van der Waals surface area (Å²) in [5, 5.41) is 3.53. The topological polar surface area (TPSA) is 15.3 Å². The lowest BCUT2D eigenvalue weighted by atomic mass is 10.1. The lowest BCUT2D eigenvalue weighted by Crippen LogP contribution is -2.21. The highest BCUT2D eigenvalue weighted by Crippen LogP contribution is 2.19. The first-order valence-electron chi connectivity index (χ1n) is 7.79. The van der Waals surface area contributed by atoms with Gasteiger partial charge in [-0.1, -0.05) is 24.3 Å². The maximum Gasteiger partial charge on any atom is 0.0400 e. The maximum absolute atomic E-state index is 3.53. The monoisotopic (exact) mass is 282 g/mol. The van der Waals surface area contributed by atoms with Crippen LogP contribution in [0.1, 0.15) is 30.5 Å². The van der Waals surface area contributed by atoms with Crippen LogP contribution in [0.3, 0.4) is 0 Å². The second-order valence-corrected chi connectivity index (χ2v) is 5.51. The predicted octanol–water partition coefficient (Wildman–Crippen LogP) is 4.76. The number of anilines is 2. The van der Waals surface area contributed by atoms with E-state index < -0.39 is 0 Å². The van der Waals surface area contributed by atoms with Crippen molar-refractivity contribution < 1.29 is 0 Å². The molecule has 2 aromatic carbocycles. The summed E-state index contributed by atoms with van der Waals surface area (Å²) in [4.78, 5) is 2.36. The lowest BCUT2D eigenvalue weighted by Gasteiger charge is -2.21. The minimum absolute atomic E-state index is 0.864. The quantitative estimate of drug-likeness (QED) is 0.821. The molecule has 0 fully saturated rings. The Labute approximate surface area is 128 Å². The summed E-state index contributed by atoms with van der Waals surface area (Å²) in [6.07, 6.45) is 0. The van der Waals surface area contributed by atoms with E-state index in [1.807, 2.05) is 0 Å². The third kappa shape index (κ3) is 4.01. The molecule has 2 aromatic rings. The molecule has 2 rings (SSSR count). The molecule has 1 N–H and O–H groups in total. The van der Waals surface area contributed by atoms with Crippen LogP contribution in [0.4, 0.5) is 11.4 Å². The Balaban J connectivity index is 2.02. The van der Waals surface area contributed by atoms with Crippen LogP contribution in [0.25, 0.3) is 0 Å². The Morgan fingerprint density at radius 2 is 1.57 bits per heavy atom. The molecule has 0 unspecified atom stereocenters. The van der Waals surface area contributed by atoms with Crippen molar-refractivity contribution in [2.24, 2.45) is 0 Å². The van der Waals surface area contributed by atoms with Crippen LogP contribution in [0, 0.1) is 13.8 Å². The number of nitrogens with one attached hydrogen (secondary N) is 1. The zero-order valence-corrected chi connectivity index (χ0v) is 13.6. The number of rotatable bonds is 6. The van der Waals surface area contributed by atoms with Crippen LogP contribution in [0.2, 0.25) is 0 Å². The fraction of sp³-hybridized carbons (Fsp3) is 0.368. The van der Waals surface area contributed by atoms with Gasteiger partial charge in [-0.15, -0.1) is 0 Å². The van der Waals surface area contributed by atoms with E-state index in [4.69, 9.17) is 0 Å². The van der Waals surface area contributed by atoms with Gasteiger partial charge in [0.25, 0.3) is 0 Å². The maximum atomic E-state index is 3.53. The minimum Gasteiger partial charge on any atom is -0.381 e. The van der Waals surface area contributed by atoms with Crippen molar-refractivity contribution in [1.82, 2.24) is 0 Å². The molecule has 0 aromatic heterocycles. The third-order valence-electron chi connectivity index (χ3n) is 3.94. The fourth-order valence-corrected chi connectivity index (χ4v) is 2.54. The molecule has 0 aliphatic heterocycles. The second kappa shape index (κ2) is 7.16. The van der Waals surface area contributed by atoms with Gasteiger partial charge in [0.15, 0.2) is 0 Å². The predicted molar refractivity (Wildman–Crippen MR) is 93.2 cm³/mol. The molecule has 21 heavy (non-hydrogen) atoms. The van der Waals surface area contributed by atoms with Gasteiger partial charge in [-0.25, -0.2) is 0 Å². The molecule has 0 heterocycles. The summed E-state index contributed by atoms with van der Waals surface area (Å²) in [5.41, 5.74) is 6.42. The van der Waals surface area contributed by atoms with Crippen LogP contribution in [0.5, 0.6) is 0 Å². The normalized spacial score (nSPS) is 10.5. The van der Waals surface area contributed by atoms with E-state index in [-0.39, 0.29) is 0 Å². The van der Waals surface area contributed by atoms with E-state index in [9.17, 15) is 0 Å². The van der Waals surface area contributed by atoms with E-state index in [1.165, 1.54) is 28.1 Å².